The van der Waals surface area contributed by atoms with Gasteiger partial charge in [0.1, 0.15) is 12.4 Å². The lowest BCUT2D eigenvalue weighted by Gasteiger charge is -2.22. The second-order valence-corrected chi connectivity index (χ2v) is 8.16. The summed E-state index contributed by atoms with van der Waals surface area (Å²) in [5, 5.41) is 19.6. The second kappa shape index (κ2) is 11.7. The van der Waals surface area contributed by atoms with Crippen LogP contribution in [0.15, 0.2) is 30.3 Å². The summed E-state index contributed by atoms with van der Waals surface area (Å²) in [4.78, 5) is 15.7. The average molecular weight is 428 g/mol. The lowest BCUT2D eigenvalue weighted by atomic mass is 9.99. The number of aromatic hydroxyl groups is 1. The second-order valence-electron chi connectivity index (χ2n) is 8.16. The fourth-order valence-electron chi connectivity index (χ4n) is 3.91. The van der Waals surface area contributed by atoms with Crippen molar-refractivity contribution in [2.24, 2.45) is 0 Å². The maximum absolute atomic E-state index is 11.1. The van der Waals surface area contributed by atoms with E-state index in [1.165, 1.54) is 17.2 Å². The van der Waals surface area contributed by atoms with Crippen LogP contribution in [0.5, 0.6) is 11.6 Å². The molecule has 1 aliphatic heterocycles. The first-order valence-electron chi connectivity index (χ1n) is 11.3. The van der Waals surface area contributed by atoms with Crippen LogP contribution in [0.2, 0.25) is 0 Å². The zero-order chi connectivity index (χ0) is 22.1. The van der Waals surface area contributed by atoms with Crippen molar-refractivity contribution in [3.8, 4) is 11.6 Å². The molecule has 6 heteroatoms. The smallest absolute Gasteiger partial charge is 0.303 e. The molecule has 2 heterocycles. The SMILES string of the molecule is CCCc1ccc(CCc2nc(OCC3CCCCO3)cc(O)c2CCC(=O)O)cc1. The standard InChI is InChI=1S/C25H33NO5/c1-2-5-18-7-9-19(10-8-18)11-13-22-21(12-14-25(28)29)23(27)16-24(26-22)31-17-20-6-3-4-15-30-20/h7-10,16,20H,2-6,11-15,17H2,1H3,(H,26,27)(H,28,29). The average Bonchev–Trinajstić information content (AvgIpc) is 2.77. The molecule has 0 radical (unpaired) electrons. The molecule has 1 atom stereocenters. The molecule has 0 aliphatic carbocycles. The number of aliphatic carboxylic acids is 1. The van der Waals surface area contributed by atoms with Gasteiger partial charge in [-0.1, -0.05) is 37.6 Å². The Morgan fingerprint density at radius 1 is 1.13 bits per heavy atom. The van der Waals surface area contributed by atoms with E-state index in [-0.39, 0.29) is 24.7 Å². The van der Waals surface area contributed by atoms with Crippen LogP contribution < -0.4 is 4.74 Å². The van der Waals surface area contributed by atoms with Crippen LogP contribution in [0.1, 0.15) is 61.4 Å². The van der Waals surface area contributed by atoms with Crippen molar-refractivity contribution in [1.82, 2.24) is 4.98 Å². The Balaban J connectivity index is 1.71. The molecule has 6 nitrogen and oxygen atoms in total. The van der Waals surface area contributed by atoms with E-state index in [0.717, 1.165) is 45.1 Å². The summed E-state index contributed by atoms with van der Waals surface area (Å²) < 4.78 is 11.5. The topological polar surface area (TPSA) is 88.9 Å². The van der Waals surface area contributed by atoms with Crippen molar-refractivity contribution in [1.29, 1.82) is 0 Å². The summed E-state index contributed by atoms with van der Waals surface area (Å²) in [6.45, 7) is 3.32. The summed E-state index contributed by atoms with van der Waals surface area (Å²) in [5.74, 6) is -0.491. The largest absolute Gasteiger partial charge is 0.507 e. The molecule has 1 aromatic heterocycles. The molecule has 2 aromatic rings. The highest BCUT2D eigenvalue weighted by atomic mass is 16.5. The van der Waals surface area contributed by atoms with Crippen LogP contribution >= 0.6 is 0 Å². The van der Waals surface area contributed by atoms with Gasteiger partial charge in [-0.25, -0.2) is 4.98 Å². The summed E-state index contributed by atoms with van der Waals surface area (Å²) >= 11 is 0. The lowest BCUT2D eigenvalue weighted by Crippen LogP contribution is -2.26. The number of rotatable bonds is 11. The highest BCUT2D eigenvalue weighted by Crippen LogP contribution is 2.28. The number of carboxylic acid groups (broad SMARTS) is 1. The quantitative estimate of drug-likeness (QED) is 0.549. The van der Waals surface area contributed by atoms with E-state index in [1.807, 2.05) is 0 Å². The first kappa shape index (κ1) is 23.1. The van der Waals surface area contributed by atoms with Crippen LogP contribution in [0.3, 0.4) is 0 Å². The third kappa shape index (κ3) is 7.24. The van der Waals surface area contributed by atoms with Crippen LogP contribution in [0.4, 0.5) is 0 Å². The van der Waals surface area contributed by atoms with E-state index in [4.69, 9.17) is 14.6 Å². The van der Waals surface area contributed by atoms with Gasteiger partial charge in [0.05, 0.1) is 11.8 Å². The Labute approximate surface area is 184 Å². The van der Waals surface area contributed by atoms with Gasteiger partial charge in [0.2, 0.25) is 5.88 Å². The Bertz CT molecular complexity index is 844. The van der Waals surface area contributed by atoms with E-state index in [9.17, 15) is 9.90 Å². The Morgan fingerprint density at radius 2 is 1.87 bits per heavy atom. The molecule has 0 bridgehead atoms. The number of benzene rings is 1. The van der Waals surface area contributed by atoms with Crippen molar-refractivity contribution in [2.75, 3.05) is 13.2 Å². The minimum Gasteiger partial charge on any atom is -0.507 e. The van der Waals surface area contributed by atoms with Gasteiger partial charge < -0.3 is 19.7 Å². The zero-order valence-electron chi connectivity index (χ0n) is 18.3. The van der Waals surface area contributed by atoms with Crippen molar-refractivity contribution in [3.63, 3.8) is 0 Å². The first-order valence-corrected chi connectivity index (χ1v) is 11.3. The van der Waals surface area contributed by atoms with Crippen molar-refractivity contribution >= 4 is 5.97 Å². The molecule has 3 rings (SSSR count). The van der Waals surface area contributed by atoms with Crippen molar-refractivity contribution < 1.29 is 24.5 Å². The highest BCUT2D eigenvalue weighted by Gasteiger charge is 2.18. The summed E-state index contributed by atoms with van der Waals surface area (Å²) in [5.41, 5.74) is 3.79. The molecular weight excluding hydrogens is 394 g/mol. The van der Waals surface area contributed by atoms with Gasteiger partial charge in [-0.2, -0.15) is 0 Å². The Kier molecular flexibility index (Phi) is 8.71. The fraction of sp³-hybridized carbons (Fsp3) is 0.520. The van der Waals surface area contributed by atoms with Crippen molar-refractivity contribution in [3.05, 3.63) is 52.7 Å². The minimum absolute atomic E-state index is 0.0455. The number of hydrogen-bond acceptors (Lipinski definition) is 5. The van der Waals surface area contributed by atoms with E-state index in [0.29, 0.717) is 30.2 Å². The zero-order valence-corrected chi connectivity index (χ0v) is 18.3. The monoisotopic (exact) mass is 427 g/mol. The minimum atomic E-state index is -0.897. The van der Waals surface area contributed by atoms with Gasteiger partial charge in [-0.15, -0.1) is 0 Å². The van der Waals surface area contributed by atoms with Gasteiger partial charge in [-0.05, 0) is 56.1 Å². The Morgan fingerprint density at radius 3 is 2.52 bits per heavy atom. The third-order valence-corrected chi connectivity index (χ3v) is 5.65. The number of pyridine rings is 1. The summed E-state index contributed by atoms with van der Waals surface area (Å²) in [6, 6.07) is 10.0. The number of carboxylic acids is 1. The van der Waals surface area contributed by atoms with Gasteiger partial charge in [-0.3, -0.25) is 4.79 Å². The highest BCUT2D eigenvalue weighted by molar-refractivity contribution is 5.67. The van der Waals surface area contributed by atoms with Gasteiger partial charge >= 0.3 is 5.97 Å². The molecule has 0 saturated carbocycles. The molecule has 168 valence electrons. The van der Waals surface area contributed by atoms with Crippen LogP contribution in [0.25, 0.3) is 0 Å². The first-order chi connectivity index (χ1) is 15.0. The molecule has 1 aromatic carbocycles. The van der Waals surface area contributed by atoms with Gasteiger partial charge in [0.15, 0.2) is 0 Å². The number of aryl methyl sites for hydroxylation is 3. The normalized spacial score (nSPS) is 16.2. The molecule has 0 amide bonds. The van der Waals surface area contributed by atoms with E-state index in [1.54, 1.807) is 0 Å². The molecule has 2 N–H and O–H groups in total. The number of hydrogen-bond donors (Lipinski definition) is 2. The number of carbonyl (C=O) groups is 1. The van der Waals surface area contributed by atoms with E-state index < -0.39 is 5.97 Å². The van der Waals surface area contributed by atoms with E-state index in [2.05, 4.69) is 36.2 Å². The summed E-state index contributed by atoms with van der Waals surface area (Å²) in [7, 11) is 0. The summed E-state index contributed by atoms with van der Waals surface area (Å²) in [6.07, 6.45) is 6.96. The lowest BCUT2D eigenvalue weighted by molar-refractivity contribution is -0.136. The van der Waals surface area contributed by atoms with Crippen LogP contribution in [0, 0.1) is 0 Å². The maximum Gasteiger partial charge on any atom is 0.303 e. The molecule has 0 spiro atoms. The Hall–Kier alpha value is -2.60. The van der Waals surface area contributed by atoms with Crippen molar-refractivity contribution in [2.45, 2.75) is 70.8 Å². The van der Waals surface area contributed by atoms with Gasteiger partial charge in [0, 0.05) is 24.7 Å². The van der Waals surface area contributed by atoms with Crippen LogP contribution in [-0.2, 0) is 35.2 Å². The molecule has 1 unspecified atom stereocenters. The van der Waals surface area contributed by atoms with E-state index >= 15 is 0 Å². The molecule has 1 aliphatic rings. The molecule has 1 fully saturated rings. The van der Waals surface area contributed by atoms with Gasteiger partial charge in [0.25, 0.3) is 0 Å². The number of ether oxygens (including phenoxy) is 2. The number of nitrogens with zero attached hydrogens (tertiary/aromatic N) is 1. The fourth-order valence-corrected chi connectivity index (χ4v) is 3.91. The predicted octanol–water partition coefficient (Wildman–Crippen LogP) is 4.49. The molecule has 1 saturated heterocycles. The number of aromatic nitrogens is 1. The predicted molar refractivity (Wildman–Crippen MR) is 119 cm³/mol. The third-order valence-electron chi connectivity index (χ3n) is 5.65. The molecule has 31 heavy (non-hydrogen) atoms. The molecular formula is C25H33NO5. The van der Waals surface area contributed by atoms with Crippen LogP contribution in [-0.4, -0.2) is 40.5 Å². The maximum atomic E-state index is 11.1.